The summed E-state index contributed by atoms with van der Waals surface area (Å²) in [6.07, 6.45) is 2.63. The third-order valence-electron chi connectivity index (χ3n) is 7.89. The van der Waals surface area contributed by atoms with Crippen LogP contribution in [0.15, 0.2) is 66.0 Å². The van der Waals surface area contributed by atoms with Crippen molar-refractivity contribution in [2.24, 2.45) is 23.7 Å². The predicted octanol–water partition coefficient (Wildman–Crippen LogP) is 4.89. The lowest BCUT2D eigenvalue weighted by atomic mass is 9.81. The van der Waals surface area contributed by atoms with Crippen LogP contribution in [0, 0.1) is 23.7 Å². The van der Waals surface area contributed by atoms with E-state index < -0.39 is 47.9 Å². The van der Waals surface area contributed by atoms with Gasteiger partial charge < -0.3 is 4.74 Å². The van der Waals surface area contributed by atoms with Crippen LogP contribution >= 0.6 is 22.9 Å². The Morgan fingerprint density at radius 2 is 1.59 bits per heavy atom. The number of halogens is 1. The lowest BCUT2D eigenvalue weighted by Crippen LogP contribution is -2.52. The van der Waals surface area contributed by atoms with Crippen molar-refractivity contribution in [1.29, 1.82) is 0 Å². The maximum Gasteiger partial charge on any atom is 0.353 e. The number of nitrogens with zero attached hydrogens (tertiary/aromatic N) is 2. The summed E-state index contributed by atoms with van der Waals surface area (Å²) in [6, 6.07) is 15.6. The Morgan fingerprint density at radius 3 is 2.21 bits per heavy atom. The number of hydrogen-bond donors (Lipinski definition) is 0. The van der Waals surface area contributed by atoms with Gasteiger partial charge >= 0.3 is 5.97 Å². The molecule has 3 aliphatic rings. The van der Waals surface area contributed by atoms with E-state index in [4.69, 9.17) is 16.3 Å². The first-order valence-corrected chi connectivity index (χ1v) is 13.9. The van der Waals surface area contributed by atoms with Crippen LogP contribution in [0.2, 0.25) is 5.02 Å². The zero-order valence-corrected chi connectivity index (χ0v) is 22.2. The summed E-state index contributed by atoms with van der Waals surface area (Å²) in [7, 11) is 0. The van der Waals surface area contributed by atoms with E-state index in [0.717, 1.165) is 29.3 Å². The zero-order chi connectivity index (χ0) is 27.3. The Balaban J connectivity index is 1.26. The van der Waals surface area contributed by atoms with Crippen LogP contribution in [0.25, 0.3) is 0 Å². The molecule has 2 saturated carbocycles. The van der Waals surface area contributed by atoms with Gasteiger partial charge in [-0.05, 0) is 78.9 Å². The summed E-state index contributed by atoms with van der Waals surface area (Å²) < 4.78 is 5.35. The van der Waals surface area contributed by atoms with Gasteiger partial charge in [-0.1, -0.05) is 29.8 Å². The molecule has 2 heterocycles. The number of rotatable bonds is 7. The molecule has 1 aromatic heterocycles. The van der Waals surface area contributed by atoms with Gasteiger partial charge in [-0.3, -0.25) is 19.2 Å². The second kappa shape index (κ2) is 10.1. The van der Waals surface area contributed by atoms with Gasteiger partial charge in [-0.25, -0.2) is 9.80 Å². The van der Waals surface area contributed by atoms with Crippen molar-refractivity contribution in [1.82, 2.24) is 10.0 Å². The molecule has 2 aliphatic carbocycles. The molecule has 1 aliphatic heterocycles. The Bertz CT molecular complexity index is 1460. The van der Waals surface area contributed by atoms with Gasteiger partial charge in [0.1, 0.15) is 17.2 Å². The highest BCUT2D eigenvalue weighted by Crippen LogP contribution is 2.56. The maximum atomic E-state index is 13.7. The molecule has 1 saturated heterocycles. The standard InChI is InChI=1S/C29H23ClN2O6S/c30-21-5-2-1-4-20(21)26(34)31(32-27(35)24-17-7-8-18(14-17)25(24)28(32)36)15-22(33)16-9-11-19(12-10-16)38-29(37)23-6-3-13-39-23/h1-6,9-13,17-18,24-25H,7-8,14-15H2/t17-,18-,24-,25-/m0/s1. The van der Waals surface area contributed by atoms with Gasteiger partial charge in [0.25, 0.3) is 17.7 Å². The van der Waals surface area contributed by atoms with Gasteiger partial charge in [0.15, 0.2) is 5.78 Å². The second-order valence-corrected chi connectivity index (χ2v) is 11.4. The van der Waals surface area contributed by atoms with Crippen molar-refractivity contribution < 1.29 is 28.7 Å². The number of ether oxygens (including phenoxy) is 1. The highest BCUT2D eigenvalue weighted by molar-refractivity contribution is 7.12. The first kappa shape index (κ1) is 25.5. The second-order valence-electron chi connectivity index (χ2n) is 10.0. The number of Topliss-reactive ketones (excluding diaryl/α,β-unsaturated/α-hetero) is 1. The van der Waals surface area contributed by atoms with E-state index >= 15 is 0 Å². The molecule has 10 heteroatoms. The Hall–Kier alpha value is -3.82. The topological polar surface area (TPSA) is 101 Å². The van der Waals surface area contributed by atoms with Gasteiger partial charge in [0.05, 0.1) is 22.4 Å². The fraction of sp³-hybridized carbons (Fsp3) is 0.276. The van der Waals surface area contributed by atoms with E-state index in [9.17, 15) is 24.0 Å². The average Bonchev–Trinajstić information content (AvgIpc) is 3.74. The SMILES string of the molecule is O=C(CN(C(=O)c1ccccc1Cl)N1C(=O)[C@H]2[C@H]3CC[C@@H](C3)[C@@H]2C1=O)c1ccc(OC(=O)c2cccs2)cc1. The Labute approximate surface area is 233 Å². The molecule has 6 rings (SSSR count). The van der Waals surface area contributed by atoms with Crippen LogP contribution in [0.5, 0.6) is 5.75 Å². The largest absolute Gasteiger partial charge is 0.422 e. The summed E-state index contributed by atoms with van der Waals surface area (Å²) in [5.74, 6) is -2.97. The molecule has 39 heavy (non-hydrogen) atoms. The summed E-state index contributed by atoms with van der Waals surface area (Å²) in [4.78, 5) is 66.8. The molecule has 4 atom stereocenters. The summed E-state index contributed by atoms with van der Waals surface area (Å²) in [5.41, 5.74) is 0.311. The lowest BCUT2D eigenvalue weighted by Gasteiger charge is -2.31. The molecule has 8 nitrogen and oxygen atoms in total. The van der Waals surface area contributed by atoms with Crippen LogP contribution in [0.1, 0.15) is 49.7 Å². The zero-order valence-electron chi connectivity index (χ0n) is 20.6. The highest BCUT2D eigenvalue weighted by atomic mass is 35.5. The van der Waals surface area contributed by atoms with Crippen molar-refractivity contribution in [2.75, 3.05) is 6.54 Å². The number of imide groups is 1. The van der Waals surface area contributed by atoms with Gasteiger partial charge in [-0.15, -0.1) is 11.3 Å². The molecule has 0 unspecified atom stereocenters. The van der Waals surface area contributed by atoms with Crippen LogP contribution < -0.4 is 4.74 Å². The Kier molecular flexibility index (Phi) is 6.56. The minimum Gasteiger partial charge on any atom is -0.422 e. The number of thiophene rings is 1. The molecule has 0 radical (unpaired) electrons. The molecule has 2 bridgehead atoms. The molecule has 198 valence electrons. The number of esters is 1. The minimum absolute atomic E-state index is 0.0865. The normalized spacial score (nSPS) is 23.2. The smallest absolute Gasteiger partial charge is 0.353 e. The number of fused-ring (bicyclic) bond motifs is 5. The minimum atomic E-state index is -0.704. The van der Waals surface area contributed by atoms with Crippen LogP contribution in [-0.2, 0) is 9.59 Å². The first-order valence-electron chi connectivity index (χ1n) is 12.7. The third kappa shape index (κ3) is 4.45. The van der Waals surface area contributed by atoms with Gasteiger partial charge in [-0.2, -0.15) is 5.01 Å². The quantitative estimate of drug-likeness (QED) is 0.176. The fourth-order valence-corrected chi connectivity index (χ4v) is 6.94. The molecular formula is C29H23ClN2O6S. The molecular weight excluding hydrogens is 540 g/mol. The molecule has 0 spiro atoms. The first-order chi connectivity index (χ1) is 18.8. The number of carbonyl (C=O) groups is 5. The molecule has 0 N–H and O–H groups in total. The van der Waals surface area contributed by atoms with Crippen molar-refractivity contribution in [2.45, 2.75) is 19.3 Å². The highest BCUT2D eigenvalue weighted by Gasteiger charge is 2.62. The van der Waals surface area contributed by atoms with Crippen molar-refractivity contribution >= 4 is 52.4 Å². The predicted molar refractivity (Wildman–Crippen MR) is 142 cm³/mol. The molecule has 3 amide bonds. The number of benzene rings is 2. The molecule has 3 aromatic rings. The van der Waals surface area contributed by atoms with E-state index in [1.807, 2.05) is 0 Å². The third-order valence-corrected chi connectivity index (χ3v) is 9.07. The summed E-state index contributed by atoms with van der Waals surface area (Å²) >= 11 is 7.54. The summed E-state index contributed by atoms with van der Waals surface area (Å²) in [5, 5.41) is 3.75. The number of hydrazine groups is 1. The lowest BCUT2D eigenvalue weighted by molar-refractivity contribution is -0.155. The van der Waals surface area contributed by atoms with Gasteiger partial charge in [0, 0.05) is 5.56 Å². The van der Waals surface area contributed by atoms with E-state index in [-0.39, 0.29) is 33.7 Å². The number of carbonyl (C=O) groups excluding carboxylic acids is 5. The number of hydrogen-bond acceptors (Lipinski definition) is 7. The number of amides is 3. The monoisotopic (exact) mass is 562 g/mol. The van der Waals surface area contributed by atoms with E-state index in [1.165, 1.54) is 47.7 Å². The van der Waals surface area contributed by atoms with Crippen LogP contribution in [0.3, 0.4) is 0 Å². The maximum absolute atomic E-state index is 13.7. The van der Waals surface area contributed by atoms with E-state index in [0.29, 0.717) is 4.88 Å². The van der Waals surface area contributed by atoms with Crippen molar-refractivity contribution in [3.05, 3.63) is 87.1 Å². The van der Waals surface area contributed by atoms with Crippen molar-refractivity contribution in [3.63, 3.8) is 0 Å². The number of ketones is 1. The van der Waals surface area contributed by atoms with Crippen molar-refractivity contribution in [3.8, 4) is 5.75 Å². The van der Waals surface area contributed by atoms with Gasteiger partial charge in [0.2, 0.25) is 0 Å². The molecule has 2 aromatic carbocycles. The van der Waals surface area contributed by atoms with Crippen LogP contribution in [0.4, 0.5) is 0 Å². The van der Waals surface area contributed by atoms with E-state index in [1.54, 1.807) is 29.6 Å². The Morgan fingerprint density at radius 1 is 0.923 bits per heavy atom. The average molecular weight is 563 g/mol. The summed E-state index contributed by atoms with van der Waals surface area (Å²) in [6.45, 7) is -0.537. The van der Waals surface area contributed by atoms with Crippen LogP contribution in [-0.4, -0.2) is 46.0 Å². The van der Waals surface area contributed by atoms with E-state index in [2.05, 4.69) is 0 Å². The fourth-order valence-electron chi connectivity index (χ4n) is 6.13. The molecule has 3 fully saturated rings.